The molecule has 1 aromatic carbocycles. The first-order valence-corrected chi connectivity index (χ1v) is 6.91. The average Bonchev–Trinajstić information content (AvgIpc) is 2.24. The molecule has 0 aliphatic rings. The molecule has 1 nitrogen and oxygen atoms in total. The van der Waals surface area contributed by atoms with Gasteiger partial charge in [0, 0.05) is 11.6 Å². The molecule has 0 heterocycles. The molecule has 1 rings (SSSR count). The van der Waals surface area contributed by atoms with Crippen molar-refractivity contribution in [2.24, 2.45) is 0 Å². The van der Waals surface area contributed by atoms with Crippen LogP contribution in [0.3, 0.4) is 0 Å². The standard InChI is InChI=1S/C10H9BrClF3OS/c11-8-5-7(6-12)1-2-9(8)16-3-4-17-10(13,14)15/h1-2,5H,3-4,6H2. The van der Waals surface area contributed by atoms with Crippen LogP contribution in [0.25, 0.3) is 0 Å². The maximum absolute atomic E-state index is 11.8. The Labute approximate surface area is 115 Å². The predicted octanol–water partition coefficient (Wildman–Crippen LogP) is 4.82. The quantitative estimate of drug-likeness (QED) is 0.557. The van der Waals surface area contributed by atoms with Crippen LogP contribution >= 0.6 is 39.3 Å². The summed E-state index contributed by atoms with van der Waals surface area (Å²) in [5, 5.41) is 0. The van der Waals surface area contributed by atoms with Crippen molar-refractivity contribution in [3.8, 4) is 5.75 Å². The van der Waals surface area contributed by atoms with Gasteiger partial charge >= 0.3 is 5.51 Å². The van der Waals surface area contributed by atoms with Crippen LogP contribution in [0.1, 0.15) is 5.56 Å². The number of halogens is 5. The summed E-state index contributed by atoms with van der Waals surface area (Å²) < 4.78 is 41.4. The summed E-state index contributed by atoms with van der Waals surface area (Å²) >= 11 is 8.81. The van der Waals surface area contributed by atoms with Crippen LogP contribution in [-0.2, 0) is 5.88 Å². The van der Waals surface area contributed by atoms with Gasteiger partial charge in [-0.1, -0.05) is 6.07 Å². The molecule has 17 heavy (non-hydrogen) atoms. The number of ether oxygens (including phenoxy) is 1. The van der Waals surface area contributed by atoms with Crippen molar-refractivity contribution in [1.82, 2.24) is 0 Å². The lowest BCUT2D eigenvalue weighted by atomic mass is 10.2. The SMILES string of the molecule is FC(F)(F)SCCOc1ccc(CCl)cc1Br. The molecule has 0 amide bonds. The smallest absolute Gasteiger partial charge is 0.441 e. The molecule has 0 atom stereocenters. The van der Waals surface area contributed by atoms with Gasteiger partial charge in [-0.3, -0.25) is 0 Å². The van der Waals surface area contributed by atoms with Gasteiger partial charge in [0.1, 0.15) is 5.75 Å². The second kappa shape index (κ2) is 6.75. The van der Waals surface area contributed by atoms with Gasteiger partial charge in [0.05, 0.1) is 11.1 Å². The van der Waals surface area contributed by atoms with Crippen LogP contribution in [0.15, 0.2) is 22.7 Å². The number of thioether (sulfide) groups is 1. The zero-order valence-corrected chi connectivity index (χ0v) is 11.7. The molecule has 96 valence electrons. The number of hydrogen-bond acceptors (Lipinski definition) is 2. The van der Waals surface area contributed by atoms with Crippen LogP contribution < -0.4 is 4.74 Å². The highest BCUT2D eigenvalue weighted by Crippen LogP contribution is 2.31. The fraction of sp³-hybridized carbons (Fsp3) is 0.400. The van der Waals surface area contributed by atoms with E-state index in [9.17, 15) is 13.2 Å². The molecular formula is C10H9BrClF3OS. The van der Waals surface area contributed by atoms with Crippen molar-refractivity contribution >= 4 is 39.3 Å². The van der Waals surface area contributed by atoms with E-state index >= 15 is 0 Å². The maximum atomic E-state index is 11.8. The molecule has 0 aliphatic carbocycles. The van der Waals surface area contributed by atoms with E-state index in [1.807, 2.05) is 0 Å². The Morgan fingerprint density at radius 1 is 1.35 bits per heavy atom. The van der Waals surface area contributed by atoms with E-state index in [1.54, 1.807) is 18.2 Å². The Hall–Kier alpha value is -0.0700. The van der Waals surface area contributed by atoms with Crippen LogP contribution in [0.2, 0.25) is 0 Å². The number of benzene rings is 1. The van der Waals surface area contributed by atoms with E-state index < -0.39 is 5.51 Å². The molecule has 0 N–H and O–H groups in total. The molecule has 0 aliphatic heterocycles. The summed E-state index contributed by atoms with van der Waals surface area (Å²) in [7, 11) is 0. The van der Waals surface area contributed by atoms with E-state index in [0.717, 1.165) is 5.56 Å². The van der Waals surface area contributed by atoms with Crippen molar-refractivity contribution in [1.29, 1.82) is 0 Å². The van der Waals surface area contributed by atoms with Crippen molar-refractivity contribution in [3.63, 3.8) is 0 Å². The Bertz CT molecular complexity index is 373. The highest BCUT2D eigenvalue weighted by atomic mass is 79.9. The monoisotopic (exact) mass is 348 g/mol. The minimum absolute atomic E-state index is 0.00297. The number of alkyl halides is 4. The molecule has 7 heteroatoms. The fourth-order valence-corrected chi connectivity index (χ4v) is 2.16. The van der Waals surface area contributed by atoms with Crippen LogP contribution in [0.4, 0.5) is 13.2 Å². The second-order valence-electron chi connectivity index (χ2n) is 3.04. The third-order valence-electron chi connectivity index (χ3n) is 1.76. The Kier molecular flexibility index (Phi) is 5.95. The van der Waals surface area contributed by atoms with E-state index in [0.29, 0.717) is 16.1 Å². The van der Waals surface area contributed by atoms with E-state index in [2.05, 4.69) is 15.9 Å². The number of rotatable bonds is 5. The Morgan fingerprint density at radius 2 is 2.06 bits per heavy atom. The lowest BCUT2D eigenvalue weighted by Gasteiger charge is -2.09. The first-order chi connectivity index (χ1) is 7.92. The van der Waals surface area contributed by atoms with Crippen molar-refractivity contribution in [2.75, 3.05) is 12.4 Å². The third-order valence-corrected chi connectivity index (χ3v) is 3.38. The first-order valence-electron chi connectivity index (χ1n) is 4.60. The molecule has 0 spiro atoms. The third kappa shape index (κ3) is 5.88. The highest BCUT2D eigenvalue weighted by Gasteiger charge is 2.27. The largest absolute Gasteiger partial charge is 0.492 e. The van der Waals surface area contributed by atoms with Crippen molar-refractivity contribution in [3.05, 3.63) is 28.2 Å². The molecule has 0 bridgehead atoms. The Balaban J connectivity index is 2.42. The molecule has 0 saturated carbocycles. The molecular weight excluding hydrogens is 341 g/mol. The summed E-state index contributed by atoms with van der Waals surface area (Å²) in [6.45, 7) is 0.00297. The Morgan fingerprint density at radius 3 is 2.59 bits per heavy atom. The first kappa shape index (κ1) is 15.0. The van der Waals surface area contributed by atoms with Crippen LogP contribution in [0, 0.1) is 0 Å². The zero-order valence-electron chi connectivity index (χ0n) is 8.56. The molecule has 0 aromatic heterocycles. The molecule has 0 saturated heterocycles. The van der Waals surface area contributed by atoms with Crippen molar-refractivity contribution < 1.29 is 17.9 Å². The van der Waals surface area contributed by atoms with E-state index in [1.165, 1.54) is 0 Å². The topological polar surface area (TPSA) is 9.23 Å². The van der Waals surface area contributed by atoms with E-state index in [-0.39, 0.29) is 24.1 Å². The van der Waals surface area contributed by atoms with Gasteiger partial charge in [0.2, 0.25) is 0 Å². The summed E-state index contributed by atoms with van der Waals surface area (Å²) in [4.78, 5) is 0. The van der Waals surface area contributed by atoms with Crippen LogP contribution in [-0.4, -0.2) is 17.9 Å². The molecule has 0 fully saturated rings. The minimum Gasteiger partial charge on any atom is -0.492 e. The van der Waals surface area contributed by atoms with Gasteiger partial charge in [-0.25, -0.2) is 0 Å². The fourth-order valence-electron chi connectivity index (χ4n) is 1.05. The molecule has 0 unspecified atom stereocenters. The van der Waals surface area contributed by atoms with Gasteiger partial charge in [0.25, 0.3) is 0 Å². The summed E-state index contributed by atoms with van der Waals surface area (Å²) in [5.41, 5.74) is -3.29. The lowest BCUT2D eigenvalue weighted by molar-refractivity contribution is -0.0329. The zero-order chi connectivity index (χ0) is 12.9. The average molecular weight is 350 g/mol. The summed E-state index contributed by atoms with van der Waals surface area (Å²) in [5.74, 6) is 0.761. The second-order valence-corrected chi connectivity index (χ2v) is 5.32. The summed E-state index contributed by atoms with van der Waals surface area (Å²) in [6.07, 6.45) is 0. The molecule has 1 aromatic rings. The van der Waals surface area contributed by atoms with Gasteiger partial charge in [-0.05, 0) is 45.4 Å². The van der Waals surface area contributed by atoms with Gasteiger partial charge in [-0.15, -0.1) is 11.6 Å². The summed E-state index contributed by atoms with van der Waals surface area (Å²) in [6, 6.07) is 5.23. The number of hydrogen-bond donors (Lipinski definition) is 0. The normalized spacial score (nSPS) is 11.6. The van der Waals surface area contributed by atoms with Gasteiger partial charge in [-0.2, -0.15) is 13.2 Å². The highest BCUT2D eigenvalue weighted by molar-refractivity contribution is 9.10. The predicted molar refractivity (Wildman–Crippen MR) is 67.7 cm³/mol. The van der Waals surface area contributed by atoms with Crippen LogP contribution in [0.5, 0.6) is 5.75 Å². The minimum atomic E-state index is -4.21. The van der Waals surface area contributed by atoms with E-state index in [4.69, 9.17) is 16.3 Å². The molecule has 0 radical (unpaired) electrons. The van der Waals surface area contributed by atoms with Crippen molar-refractivity contribution in [2.45, 2.75) is 11.4 Å². The maximum Gasteiger partial charge on any atom is 0.441 e. The lowest BCUT2D eigenvalue weighted by Crippen LogP contribution is -2.07. The van der Waals surface area contributed by atoms with Gasteiger partial charge < -0.3 is 4.74 Å². The van der Waals surface area contributed by atoms with Gasteiger partial charge in [0.15, 0.2) is 0 Å².